The first-order chi connectivity index (χ1) is 6.13. The highest BCUT2D eigenvalue weighted by molar-refractivity contribution is 6.36. The molecule has 0 aliphatic rings. The van der Waals surface area contributed by atoms with E-state index in [-0.39, 0.29) is 5.91 Å². The zero-order valence-corrected chi connectivity index (χ0v) is 8.62. The van der Waals surface area contributed by atoms with Crippen molar-refractivity contribution in [1.82, 2.24) is 0 Å². The van der Waals surface area contributed by atoms with Crippen molar-refractivity contribution in [3.63, 3.8) is 0 Å². The van der Waals surface area contributed by atoms with Gasteiger partial charge in [0, 0.05) is 11.4 Å². The molecule has 0 saturated carbocycles. The maximum atomic E-state index is 11.0. The molecule has 1 rings (SSSR count). The molecule has 13 heavy (non-hydrogen) atoms. The number of halogens is 2. The molecule has 0 bridgehead atoms. The van der Waals surface area contributed by atoms with Crippen LogP contribution in [0.5, 0.6) is 0 Å². The molecule has 1 aromatic rings. The van der Waals surface area contributed by atoms with Gasteiger partial charge in [0.2, 0.25) is 5.91 Å². The highest BCUT2D eigenvalue weighted by Crippen LogP contribution is 2.25. The van der Waals surface area contributed by atoms with Crippen LogP contribution in [0.3, 0.4) is 0 Å². The van der Waals surface area contributed by atoms with Crippen molar-refractivity contribution in [2.24, 2.45) is 0 Å². The standard InChI is InChI=1S/C9H9Cl2NO/c1-2-9(13)12-8-4-3-6(10)5-7(8)11/h3-5H,2H2,1H3,(H,12,13). The Morgan fingerprint density at radius 3 is 2.69 bits per heavy atom. The summed E-state index contributed by atoms with van der Waals surface area (Å²) >= 11 is 11.5. The summed E-state index contributed by atoms with van der Waals surface area (Å²) in [5.41, 5.74) is 0.595. The third kappa shape index (κ3) is 2.90. The van der Waals surface area contributed by atoms with Crippen LogP contribution in [0.25, 0.3) is 0 Å². The normalized spacial score (nSPS) is 9.77. The molecule has 0 aromatic heterocycles. The first-order valence-electron chi connectivity index (χ1n) is 3.88. The number of carbonyl (C=O) groups excluding carboxylic acids is 1. The van der Waals surface area contributed by atoms with Gasteiger partial charge in [-0.15, -0.1) is 0 Å². The average molecular weight is 218 g/mol. The first-order valence-corrected chi connectivity index (χ1v) is 4.64. The van der Waals surface area contributed by atoms with Gasteiger partial charge in [0.25, 0.3) is 0 Å². The van der Waals surface area contributed by atoms with Crippen molar-refractivity contribution < 1.29 is 4.79 Å². The Bertz CT molecular complexity index is 325. The van der Waals surface area contributed by atoms with Crippen LogP contribution in [0.2, 0.25) is 10.0 Å². The van der Waals surface area contributed by atoms with Crippen molar-refractivity contribution in [1.29, 1.82) is 0 Å². The Hall–Kier alpha value is -0.730. The van der Waals surface area contributed by atoms with E-state index in [9.17, 15) is 4.79 Å². The van der Waals surface area contributed by atoms with E-state index >= 15 is 0 Å². The predicted octanol–water partition coefficient (Wildman–Crippen LogP) is 3.34. The van der Waals surface area contributed by atoms with E-state index in [1.165, 1.54) is 0 Å². The fraction of sp³-hybridized carbons (Fsp3) is 0.222. The lowest BCUT2D eigenvalue weighted by Crippen LogP contribution is -2.09. The third-order valence-electron chi connectivity index (χ3n) is 1.53. The molecule has 1 N–H and O–H groups in total. The van der Waals surface area contributed by atoms with Gasteiger partial charge in [0.1, 0.15) is 0 Å². The summed E-state index contributed by atoms with van der Waals surface area (Å²) in [6.45, 7) is 1.78. The number of rotatable bonds is 2. The minimum Gasteiger partial charge on any atom is -0.325 e. The van der Waals surface area contributed by atoms with Crippen molar-refractivity contribution >= 4 is 34.8 Å². The maximum absolute atomic E-state index is 11.0. The molecule has 0 spiro atoms. The summed E-state index contributed by atoms with van der Waals surface area (Å²) in [7, 11) is 0. The molecular weight excluding hydrogens is 209 g/mol. The number of hydrogen-bond acceptors (Lipinski definition) is 1. The molecule has 0 radical (unpaired) electrons. The minimum absolute atomic E-state index is 0.0655. The maximum Gasteiger partial charge on any atom is 0.224 e. The van der Waals surface area contributed by atoms with Crippen LogP contribution in [0.15, 0.2) is 18.2 Å². The second-order valence-corrected chi connectivity index (χ2v) is 3.37. The summed E-state index contributed by atoms with van der Waals surface area (Å²) in [4.78, 5) is 11.0. The number of nitrogens with one attached hydrogen (secondary N) is 1. The van der Waals surface area contributed by atoms with Crippen molar-refractivity contribution in [2.45, 2.75) is 13.3 Å². The smallest absolute Gasteiger partial charge is 0.224 e. The Balaban J connectivity index is 2.83. The molecule has 0 aliphatic heterocycles. The lowest BCUT2D eigenvalue weighted by molar-refractivity contribution is -0.115. The second kappa shape index (κ2) is 4.49. The lowest BCUT2D eigenvalue weighted by atomic mass is 10.3. The Kier molecular flexibility index (Phi) is 3.58. The number of anilines is 1. The van der Waals surface area contributed by atoms with E-state index < -0.39 is 0 Å². The van der Waals surface area contributed by atoms with Crippen LogP contribution in [0.4, 0.5) is 5.69 Å². The Labute approximate surface area is 86.8 Å². The van der Waals surface area contributed by atoms with Gasteiger partial charge < -0.3 is 5.32 Å². The van der Waals surface area contributed by atoms with Crippen LogP contribution < -0.4 is 5.32 Å². The zero-order chi connectivity index (χ0) is 9.84. The summed E-state index contributed by atoms with van der Waals surface area (Å²) in [6, 6.07) is 4.95. The molecule has 0 saturated heterocycles. The van der Waals surface area contributed by atoms with Gasteiger partial charge in [-0.2, -0.15) is 0 Å². The summed E-state index contributed by atoms with van der Waals surface area (Å²) in [5.74, 6) is -0.0655. The largest absolute Gasteiger partial charge is 0.325 e. The van der Waals surface area contributed by atoms with Gasteiger partial charge in [0.15, 0.2) is 0 Å². The number of hydrogen-bond donors (Lipinski definition) is 1. The number of benzene rings is 1. The van der Waals surface area contributed by atoms with Gasteiger partial charge in [-0.25, -0.2) is 0 Å². The molecule has 0 aliphatic carbocycles. The van der Waals surface area contributed by atoms with Crippen LogP contribution in [0, 0.1) is 0 Å². The monoisotopic (exact) mass is 217 g/mol. The second-order valence-electron chi connectivity index (χ2n) is 2.53. The van der Waals surface area contributed by atoms with E-state index in [0.29, 0.717) is 22.2 Å². The molecule has 0 fully saturated rings. The highest BCUT2D eigenvalue weighted by Gasteiger charge is 2.03. The molecular formula is C9H9Cl2NO. The van der Waals surface area contributed by atoms with Crippen molar-refractivity contribution in [3.05, 3.63) is 28.2 Å². The molecule has 4 heteroatoms. The van der Waals surface area contributed by atoms with Gasteiger partial charge in [-0.05, 0) is 18.2 Å². The summed E-state index contributed by atoms with van der Waals surface area (Å²) in [6.07, 6.45) is 0.430. The van der Waals surface area contributed by atoms with Crippen molar-refractivity contribution in [3.8, 4) is 0 Å². The molecule has 1 aromatic carbocycles. The van der Waals surface area contributed by atoms with Gasteiger partial charge in [-0.1, -0.05) is 30.1 Å². The molecule has 0 unspecified atom stereocenters. The topological polar surface area (TPSA) is 29.1 Å². The fourth-order valence-electron chi connectivity index (χ4n) is 0.829. The molecule has 0 atom stereocenters. The van der Waals surface area contributed by atoms with E-state index in [0.717, 1.165) is 0 Å². The van der Waals surface area contributed by atoms with Crippen molar-refractivity contribution in [2.75, 3.05) is 5.32 Å². The Morgan fingerprint density at radius 1 is 1.46 bits per heavy atom. The highest BCUT2D eigenvalue weighted by atomic mass is 35.5. The molecule has 0 heterocycles. The van der Waals surface area contributed by atoms with Gasteiger partial charge in [0.05, 0.1) is 10.7 Å². The zero-order valence-electron chi connectivity index (χ0n) is 7.10. The molecule has 2 nitrogen and oxygen atoms in total. The van der Waals surface area contributed by atoms with Gasteiger partial charge in [-0.3, -0.25) is 4.79 Å². The lowest BCUT2D eigenvalue weighted by Gasteiger charge is -2.05. The first kappa shape index (κ1) is 10.4. The van der Waals surface area contributed by atoms with Crippen LogP contribution in [-0.4, -0.2) is 5.91 Å². The minimum atomic E-state index is -0.0655. The summed E-state index contributed by atoms with van der Waals surface area (Å²) < 4.78 is 0. The Morgan fingerprint density at radius 2 is 2.15 bits per heavy atom. The molecule has 70 valence electrons. The molecule has 1 amide bonds. The predicted molar refractivity (Wildman–Crippen MR) is 55.4 cm³/mol. The quantitative estimate of drug-likeness (QED) is 0.810. The SMILES string of the molecule is CCC(=O)Nc1ccc(Cl)cc1Cl. The van der Waals surface area contributed by atoms with E-state index in [1.54, 1.807) is 25.1 Å². The summed E-state index contributed by atoms with van der Waals surface area (Å²) in [5, 5.41) is 3.67. The third-order valence-corrected chi connectivity index (χ3v) is 2.07. The fourth-order valence-corrected chi connectivity index (χ4v) is 1.29. The van der Waals surface area contributed by atoms with Crippen LogP contribution >= 0.6 is 23.2 Å². The van der Waals surface area contributed by atoms with E-state index in [4.69, 9.17) is 23.2 Å². The number of amides is 1. The van der Waals surface area contributed by atoms with E-state index in [2.05, 4.69) is 5.32 Å². The average Bonchev–Trinajstić information content (AvgIpc) is 2.09. The van der Waals surface area contributed by atoms with Crippen LogP contribution in [-0.2, 0) is 4.79 Å². The van der Waals surface area contributed by atoms with E-state index in [1.807, 2.05) is 0 Å². The number of carbonyl (C=O) groups is 1. The van der Waals surface area contributed by atoms with Gasteiger partial charge >= 0.3 is 0 Å². The van der Waals surface area contributed by atoms with Crippen LogP contribution in [0.1, 0.15) is 13.3 Å².